The Morgan fingerprint density at radius 1 is 1.23 bits per heavy atom. The van der Waals surface area contributed by atoms with E-state index in [1.165, 1.54) is 11.8 Å². The minimum absolute atomic E-state index is 0.240. The highest BCUT2D eigenvalue weighted by molar-refractivity contribution is 9.10. The van der Waals surface area contributed by atoms with E-state index in [2.05, 4.69) is 41.5 Å². The van der Waals surface area contributed by atoms with Crippen molar-refractivity contribution in [2.24, 2.45) is 0 Å². The van der Waals surface area contributed by atoms with Crippen LogP contribution in [0.15, 0.2) is 69.0 Å². The van der Waals surface area contributed by atoms with E-state index in [0.717, 1.165) is 21.5 Å². The monoisotopic (exact) mass is 484 g/mol. The van der Waals surface area contributed by atoms with Gasteiger partial charge >= 0.3 is 0 Å². The predicted octanol–water partition coefficient (Wildman–Crippen LogP) is 4.32. The second kappa shape index (κ2) is 9.23. The Labute approximate surface area is 185 Å². The van der Waals surface area contributed by atoms with Gasteiger partial charge in [0.2, 0.25) is 5.95 Å². The molecule has 8 nitrogen and oxygen atoms in total. The Morgan fingerprint density at radius 2 is 2.07 bits per heavy atom. The van der Waals surface area contributed by atoms with Gasteiger partial charge in [-0.1, -0.05) is 45.0 Å². The van der Waals surface area contributed by atoms with Crippen LogP contribution >= 0.6 is 27.7 Å². The molecule has 30 heavy (non-hydrogen) atoms. The molecule has 10 heteroatoms. The molecule has 0 aliphatic rings. The van der Waals surface area contributed by atoms with Crippen molar-refractivity contribution in [3.63, 3.8) is 0 Å². The number of halogens is 1. The highest BCUT2D eigenvalue weighted by Gasteiger charge is 2.15. The zero-order valence-corrected chi connectivity index (χ0v) is 18.4. The maximum Gasteiger partial charge on any atom is 0.260 e. The summed E-state index contributed by atoms with van der Waals surface area (Å²) in [5, 5.41) is 11.6. The Morgan fingerprint density at radius 3 is 2.83 bits per heavy atom. The van der Waals surface area contributed by atoms with Gasteiger partial charge in [-0.3, -0.25) is 10.1 Å². The number of nitrogens with one attached hydrogen (secondary N) is 1. The average Bonchev–Trinajstić information content (AvgIpc) is 3.37. The van der Waals surface area contributed by atoms with Gasteiger partial charge in [-0.25, -0.2) is 14.6 Å². The normalized spacial score (nSPS) is 10.9. The van der Waals surface area contributed by atoms with Crippen molar-refractivity contribution >= 4 is 39.5 Å². The molecule has 0 spiro atoms. The number of amides is 1. The third-order valence-corrected chi connectivity index (χ3v) is 5.64. The number of hydrogen-bond donors (Lipinski definition) is 1. The third kappa shape index (κ3) is 5.14. The number of carbonyl (C=O) groups excluding carboxylic acids is 1. The van der Waals surface area contributed by atoms with Gasteiger partial charge in [-0.05, 0) is 36.8 Å². The molecular formula is C20H17BrN6O2S. The largest absolute Gasteiger partial charge is 0.361 e. The van der Waals surface area contributed by atoms with Gasteiger partial charge in [-0.15, -0.1) is 5.10 Å². The van der Waals surface area contributed by atoms with Crippen LogP contribution in [0.1, 0.15) is 27.4 Å². The van der Waals surface area contributed by atoms with E-state index in [4.69, 9.17) is 4.52 Å². The Hall–Kier alpha value is -2.98. The molecule has 0 fully saturated rings. The van der Waals surface area contributed by atoms with E-state index in [9.17, 15) is 4.79 Å². The zero-order valence-electron chi connectivity index (χ0n) is 15.9. The van der Waals surface area contributed by atoms with Crippen LogP contribution in [0.25, 0.3) is 0 Å². The second-order valence-corrected chi connectivity index (χ2v) is 8.30. The van der Waals surface area contributed by atoms with E-state index < -0.39 is 0 Å². The maximum absolute atomic E-state index is 12.8. The summed E-state index contributed by atoms with van der Waals surface area (Å²) in [6.45, 7) is 2.39. The molecule has 0 saturated carbocycles. The van der Waals surface area contributed by atoms with Crippen molar-refractivity contribution in [2.75, 3.05) is 5.32 Å². The van der Waals surface area contributed by atoms with Crippen LogP contribution in [-0.2, 0) is 12.3 Å². The first-order valence-corrected chi connectivity index (χ1v) is 10.8. The van der Waals surface area contributed by atoms with E-state index >= 15 is 0 Å². The first-order valence-electron chi connectivity index (χ1n) is 9.02. The summed E-state index contributed by atoms with van der Waals surface area (Å²) < 4.78 is 7.76. The molecule has 0 bridgehead atoms. The van der Waals surface area contributed by atoms with Crippen molar-refractivity contribution in [1.29, 1.82) is 0 Å². The Bertz CT molecular complexity index is 1160. The molecule has 0 radical (unpaired) electrons. The summed E-state index contributed by atoms with van der Waals surface area (Å²) >= 11 is 4.83. The van der Waals surface area contributed by atoms with Crippen LogP contribution in [-0.4, -0.2) is 30.8 Å². The number of thioether (sulfide) groups is 1. The lowest BCUT2D eigenvalue weighted by Crippen LogP contribution is -2.15. The van der Waals surface area contributed by atoms with Gasteiger partial charge < -0.3 is 4.52 Å². The fourth-order valence-corrected chi connectivity index (χ4v) is 3.82. The van der Waals surface area contributed by atoms with E-state index in [1.54, 1.807) is 29.3 Å². The van der Waals surface area contributed by atoms with Gasteiger partial charge in [0.25, 0.3) is 5.91 Å². The molecule has 3 aromatic heterocycles. The molecule has 1 amide bonds. The van der Waals surface area contributed by atoms with Gasteiger partial charge in [0.05, 0.1) is 17.8 Å². The zero-order chi connectivity index (χ0) is 20.9. The highest BCUT2D eigenvalue weighted by Crippen LogP contribution is 2.24. The summed E-state index contributed by atoms with van der Waals surface area (Å²) in [7, 11) is 0. The number of nitrogens with zero attached hydrogens (tertiary/aromatic N) is 5. The Kier molecular flexibility index (Phi) is 6.24. The summed E-state index contributed by atoms with van der Waals surface area (Å²) in [5.41, 5.74) is 2.32. The molecule has 152 valence electrons. The number of benzene rings is 1. The summed E-state index contributed by atoms with van der Waals surface area (Å²) in [4.78, 5) is 21.3. The second-order valence-electron chi connectivity index (χ2n) is 6.42. The number of rotatable bonds is 7. The summed E-state index contributed by atoms with van der Waals surface area (Å²) in [5.74, 6) is 1.22. The average molecular weight is 485 g/mol. The first-order chi connectivity index (χ1) is 14.6. The number of carbonyl (C=O) groups is 1. The summed E-state index contributed by atoms with van der Waals surface area (Å²) in [6.07, 6.45) is 3.24. The molecule has 0 unspecified atom stereocenters. The minimum atomic E-state index is -0.316. The van der Waals surface area contributed by atoms with Crippen molar-refractivity contribution in [2.45, 2.75) is 24.2 Å². The molecule has 4 rings (SSSR count). The lowest BCUT2D eigenvalue weighted by Gasteiger charge is -2.06. The van der Waals surface area contributed by atoms with Crippen molar-refractivity contribution in [3.05, 3.63) is 82.0 Å². The van der Waals surface area contributed by atoms with Crippen LogP contribution in [0.4, 0.5) is 5.95 Å². The van der Waals surface area contributed by atoms with Crippen molar-refractivity contribution in [3.8, 4) is 0 Å². The maximum atomic E-state index is 12.8. The van der Waals surface area contributed by atoms with Gasteiger partial charge in [0.1, 0.15) is 17.1 Å². The van der Waals surface area contributed by atoms with Gasteiger partial charge in [-0.2, -0.15) is 0 Å². The molecular weight excluding hydrogens is 468 g/mol. The minimum Gasteiger partial charge on any atom is -0.361 e. The standard InChI is InChI=1S/C20H17BrN6O2S/c1-13-9-16(26-29-13)11-30-19-17(3-2-8-22-19)18(28)24-20-23-12-27(25-20)10-14-4-6-15(21)7-5-14/h2-9,12H,10-11H2,1H3,(H,24,25,28). The first kappa shape index (κ1) is 20.3. The van der Waals surface area contributed by atoms with E-state index in [1.807, 2.05) is 37.3 Å². The molecule has 1 N–H and O–H groups in total. The number of hydrogen-bond acceptors (Lipinski definition) is 7. The molecule has 0 aliphatic carbocycles. The van der Waals surface area contributed by atoms with E-state index in [0.29, 0.717) is 22.9 Å². The van der Waals surface area contributed by atoms with Gasteiger partial charge in [0, 0.05) is 22.5 Å². The molecule has 4 aromatic rings. The van der Waals surface area contributed by atoms with Crippen LogP contribution in [0.5, 0.6) is 0 Å². The van der Waals surface area contributed by atoms with E-state index in [-0.39, 0.29) is 11.9 Å². The van der Waals surface area contributed by atoms with Crippen LogP contribution in [0.3, 0.4) is 0 Å². The Balaban J connectivity index is 1.41. The highest BCUT2D eigenvalue weighted by atomic mass is 79.9. The fourth-order valence-electron chi connectivity index (χ4n) is 2.68. The number of aromatic nitrogens is 5. The van der Waals surface area contributed by atoms with Crippen LogP contribution in [0.2, 0.25) is 0 Å². The topological polar surface area (TPSA) is 98.7 Å². The fraction of sp³-hybridized carbons (Fsp3) is 0.150. The lowest BCUT2D eigenvalue weighted by molar-refractivity contribution is 0.102. The van der Waals surface area contributed by atoms with Gasteiger partial charge in [0.15, 0.2) is 0 Å². The number of aryl methyl sites for hydroxylation is 1. The quantitative estimate of drug-likeness (QED) is 0.389. The predicted molar refractivity (Wildman–Crippen MR) is 116 cm³/mol. The molecule has 0 atom stereocenters. The molecule has 1 aromatic carbocycles. The van der Waals surface area contributed by atoms with Crippen LogP contribution < -0.4 is 5.32 Å². The van der Waals surface area contributed by atoms with Crippen molar-refractivity contribution < 1.29 is 9.32 Å². The molecule has 3 heterocycles. The third-order valence-electron chi connectivity index (χ3n) is 4.07. The van der Waals surface area contributed by atoms with Crippen molar-refractivity contribution in [1.82, 2.24) is 24.9 Å². The number of pyridine rings is 1. The molecule has 0 saturated heterocycles. The SMILES string of the molecule is Cc1cc(CSc2ncccc2C(=O)Nc2ncn(Cc3ccc(Br)cc3)n2)no1. The summed E-state index contributed by atoms with van der Waals surface area (Å²) in [6, 6.07) is 13.2. The lowest BCUT2D eigenvalue weighted by atomic mass is 10.2. The molecule has 0 aliphatic heterocycles. The smallest absolute Gasteiger partial charge is 0.260 e. The number of anilines is 1. The van der Waals surface area contributed by atoms with Crippen LogP contribution in [0, 0.1) is 6.92 Å².